The zero-order valence-corrected chi connectivity index (χ0v) is 15.3. The number of nitro groups is 1. The van der Waals surface area contributed by atoms with Gasteiger partial charge in [0.15, 0.2) is 11.5 Å². The highest BCUT2D eigenvalue weighted by atomic mass is 35.5. The molecular formula is C16H18ClN7O3. The normalized spacial score (nSPS) is 11.0. The number of benzene rings is 1. The molecule has 3 rings (SSSR count). The molecule has 2 aromatic heterocycles. The molecule has 0 unspecified atom stereocenters. The summed E-state index contributed by atoms with van der Waals surface area (Å²) in [6.45, 7) is 2.82. The predicted octanol–water partition coefficient (Wildman–Crippen LogP) is 2.52. The van der Waals surface area contributed by atoms with Crippen molar-refractivity contribution < 1.29 is 4.92 Å². The van der Waals surface area contributed by atoms with Crippen molar-refractivity contribution in [1.82, 2.24) is 19.5 Å². The number of fused-ring (bicyclic) bond motifs is 1. The third-order valence-corrected chi connectivity index (χ3v) is 4.33. The average Bonchev–Trinajstić information content (AvgIpc) is 2.93. The largest absolute Gasteiger partial charge is 0.382 e. The van der Waals surface area contributed by atoms with Gasteiger partial charge in [-0.1, -0.05) is 31.0 Å². The summed E-state index contributed by atoms with van der Waals surface area (Å²) in [4.78, 5) is 34.0. The van der Waals surface area contributed by atoms with Crippen LogP contribution in [0.3, 0.4) is 0 Å². The number of nitrogens with one attached hydrogen (secondary N) is 2. The van der Waals surface area contributed by atoms with Gasteiger partial charge in [0.25, 0.3) is 5.69 Å². The van der Waals surface area contributed by atoms with E-state index in [4.69, 9.17) is 17.3 Å². The van der Waals surface area contributed by atoms with E-state index in [2.05, 4.69) is 27.2 Å². The summed E-state index contributed by atoms with van der Waals surface area (Å²) in [7, 11) is 0. The maximum absolute atomic E-state index is 12.4. The van der Waals surface area contributed by atoms with Gasteiger partial charge in [0.2, 0.25) is 5.95 Å². The van der Waals surface area contributed by atoms with E-state index in [-0.39, 0.29) is 23.1 Å². The first-order valence-corrected chi connectivity index (χ1v) is 8.71. The van der Waals surface area contributed by atoms with Crippen molar-refractivity contribution in [2.75, 3.05) is 17.6 Å². The number of rotatable bonds is 7. The third kappa shape index (κ3) is 3.85. The van der Waals surface area contributed by atoms with Crippen LogP contribution in [0.4, 0.5) is 17.5 Å². The first kappa shape index (κ1) is 18.6. The van der Waals surface area contributed by atoms with Crippen LogP contribution in [0, 0.1) is 10.1 Å². The lowest BCUT2D eigenvalue weighted by atomic mass is 10.2. The molecule has 27 heavy (non-hydrogen) atoms. The molecule has 0 spiro atoms. The number of hydrogen-bond donors (Lipinski definition) is 3. The fourth-order valence-corrected chi connectivity index (χ4v) is 2.82. The minimum atomic E-state index is -0.570. The molecule has 0 saturated carbocycles. The quantitative estimate of drug-likeness (QED) is 0.318. The maximum Gasteiger partial charge on any atom is 0.328 e. The van der Waals surface area contributed by atoms with Crippen LogP contribution in [0.2, 0.25) is 5.02 Å². The molecule has 0 fully saturated rings. The Hall–Kier alpha value is -3.14. The number of nitrogen functional groups attached to an aromatic ring is 1. The lowest BCUT2D eigenvalue weighted by Gasteiger charge is -2.07. The molecule has 0 radical (unpaired) electrons. The fourth-order valence-electron chi connectivity index (χ4n) is 2.63. The van der Waals surface area contributed by atoms with Gasteiger partial charge >= 0.3 is 5.69 Å². The molecule has 4 N–H and O–H groups in total. The molecule has 0 amide bonds. The van der Waals surface area contributed by atoms with Crippen LogP contribution in [0.15, 0.2) is 23.0 Å². The summed E-state index contributed by atoms with van der Waals surface area (Å²) in [5, 5.41) is 14.2. The Labute approximate surface area is 158 Å². The topological polar surface area (TPSA) is 145 Å². The molecule has 2 heterocycles. The second-order valence-electron chi connectivity index (χ2n) is 5.97. The predicted molar refractivity (Wildman–Crippen MR) is 103 cm³/mol. The summed E-state index contributed by atoms with van der Waals surface area (Å²) in [5.74, 6) is 0.472. The smallest absolute Gasteiger partial charge is 0.328 e. The molecule has 1 aromatic carbocycles. The Kier molecular flexibility index (Phi) is 5.26. The highest BCUT2D eigenvalue weighted by Gasteiger charge is 2.17. The van der Waals surface area contributed by atoms with Crippen LogP contribution >= 0.6 is 11.6 Å². The number of nitrogens with zero attached hydrogens (tertiary/aromatic N) is 4. The number of nitrogens with two attached hydrogens (primary N) is 1. The molecule has 3 aromatic rings. The van der Waals surface area contributed by atoms with Crippen LogP contribution in [-0.2, 0) is 6.54 Å². The summed E-state index contributed by atoms with van der Waals surface area (Å²) >= 11 is 5.84. The van der Waals surface area contributed by atoms with Gasteiger partial charge in [0, 0.05) is 12.6 Å². The van der Waals surface area contributed by atoms with Crippen molar-refractivity contribution >= 4 is 40.2 Å². The van der Waals surface area contributed by atoms with Crippen molar-refractivity contribution in [3.8, 4) is 0 Å². The zero-order chi connectivity index (χ0) is 19.6. The summed E-state index contributed by atoms with van der Waals surface area (Å²) in [5.41, 5.74) is 6.46. The van der Waals surface area contributed by atoms with Gasteiger partial charge < -0.3 is 16.0 Å². The number of nitro benzene ring substituents is 1. The van der Waals surface area contributed by atoms with Crippen molar-refractivity contribution in [2.45, 2.75) is 26.3 Å². The Bertz CT molecular complexity index is 1060. The standard InChI is InChI=1S/C16H18ClN7O3/c1-2-3-6-19-15-21-13(18)12-14(22-15)23(16(25)20-12)8-9-4-5-10(17)11(7-9)24(26)27/h4-5,7H,2-3,6,8H2,1H3,(H,20,25)(H3,18,19,21,22). The van der Waals surface area contributed by atoms with E-state index in [0.29, 0.717) is 29.2 Å². The summed E-state index contributed by atoms with van der Waals surface area (Å²) in [6.07, 6.45) is 1.95. The van der Waals surface area contributed by atoms with E-state index >= 15 is 0 Å². The van der Waals surface area contributed by atoms with Crippen LogP contribution in [0.1, 0.15) is 25.3 Å². The van der Waals surface area contributed by atoms with Crippen molar-refractivity contribution in [3.63, 3.8) is 0 Å². The van der Waals surface area contributed by atoms with E-state index in [1.165, 1.54) is 16.7 Å². The molecular weight excluding hydrogens is 374 g/mol. The lowest BCUT2D eigenvalue weighted by molar-refractivity contribution is -0.384. The zero-order valence-electron chi connectivity index (χ0n) is 14.5. The second-order valence-corrected chi connectivity index (χ2v) is 6.38. The summed E-state index contributed by atoms with van der Waals surface area (Å²) in [6, 6.07) is 4.38. The van der Waals surface area contributed by atoms with Gasteiger partial charge in [-0.25, -0.2) is 4.79 Å². The highest BCUT2D eigenvalue weighted by Crippen LogP contribution is 2.26. The van der Waals surface area contributed by atoms with E-state index in [1.54, 1.807) is 6.07 Å². The second kappa shape index (κ2) is 7.62. The molecule has 0 aliphatic rings. The van der Waals surface area contributed by atoms with Crippen molar-refractivity contribution in [3.05, 3.63) is 49.4 Å². The van der Waals surface area contributed by atoms with Gasteiger partial charge in [-0.15, -0.1) is 0 Å². The number of imidazole rings is 1. The minimum absolute atomic E-state index is 0.0315. The molecule has 10 nitrogen and oxygen atoms in total. The van der Waals surface area contributed by atoms with Crippen LogP contribution in [-0.4, -0.2) is 31.0 Å². The number of unbranched alkanes of at least 4 members (excludes halogenated alkanes) is 1. The molecule has 11 heteroatoms. The fraction of sp³-hybridized carbons (Fsp3) is 0.312. The molecule has 0 bridgehead atoms. The number of anilines is 2. The highest BCUT2D eigenvalue weighted by molar-refractivity contribution is 6.32. The Balaban J connectivity index is 2.01. The number of aromatic amines is 1. The van der Waals surface area contributed by atoms with E-state index in [1.807, 2.05) is 0 Å². The van der Waals surface area contributed by atoms with Gasteiger partial charge in [-0.2, -0.15) is 9.97 Å². The molecule has 0 aliphatic carbocycles. The van der Waals surface area contributed by atoms with Crippen LogP contribution in [0.25, 0.3) is 11.2 Å². The SMILES string of the molecule is CCCCNc1nc(N)c2[nH]c(=O)n(Cc3ccc(Cl)c([N+](=O)[O-])c3)c2n1. The average molecular weight is 392 g/mol. The van der Waals surface area contributed by atoms with E-state index in [0.717, 1.165) is 12.8 Å². The first-order valence-electron chi connectivity index (χ1n) is 8.33. The van der Waals surface area contributed by atoms with E-state index in [9.17, 15) is 14.9 Å². The van der Waals surface area contributed by atoms with Gasteiger partial charge in [-0.3, -0.25) is 14.7 Å². The summed E-state index contributed by atoms with van der Waals surface area (Å²) < 4.78 is 1.35. The number of hydrogen-bond acceptors (Lipinski definition) is 7. The van der Waals surface area contributed by atoms with Crippen molar-refractivity contribution in [1.29, 1.82) is 0 Å². The number of H-pyrrole nitrogens is 1. The van der Waals surface area contributed by atoms with Crippen LogP contribution in [0.5, 0.6) is 0 Å². The Morgan fingerprint density at radius 3 is 2.89 bits per heavy atom. The maximum atomic E-state index is 12.4. The van der Waals surface area contributed by atoms with E-state index < -0.39 is 10.6 Å². The van der Waals surface area contributed by atoms with Crippen molar-refractivity contribution in [2.24, 2.45) is 0 Å². The minimum Gasteiger partial charge on any atom is -0.382 e. The number of aromatic nitrogens is 4. The Morgan fingerprint density at radius 2 is 2.19 bits per heavy atom. The molecule has 142 valence electrons. The first-order chi connectivity index (χ1) is 12.9. The monoisotopic (exact) mass is 391 g/mol. The van der Waals surface area contributed by atoms with Gasteiger partial charge in [-0.05, 0) is 18.1 Å². The lowest BCUT2D eigenvalue weighted by Crippen LogP contribution is -2.18. The molecule has 0 atom stereocenters. The molecule has 0 saturated heterocycles. The van der Waals surface area contributed by atoms with Gasteiger partial charge in [0.1, 0.15) is 10.5 Å². The molecule has 0 aliphatic heterocycles. The third-order valence-electron chi connectivity index (χ3n) is 4.01. The Morgan fingerprint density at radius 1 is 1.41 bits per heavy atom. The van der Waals surface area contributed by atoms with Gasteiger partial charge in [0.05, 0.1) is 11.5 Å². The van der Waals surface area contributed by atoms with Crippen LogP contribution < -0.4 is 16.7 Å². The number of halogens is 1.